The van der Waals surface area contributed by atoms with Crippen molar-refractivity contribution in [1.82, 2.24) is 10.3 Å². The summed E-state index contributed by atoms with van der Waals surface area (Å²) in [6, 6.07) is 8.47. The van der Waals surface area contributed by atoms with Gasteiger partial charge in [0.05, 0.1) is 0 Å². The number of fused-ring (bicyclic) bond motifs is 1. The second-order valence-electron chi connectivity index (χ2n) is 4.58. The molecule has 1 saturated heterocycles. The molecule has 1 aromatic heterocycles. The summed E-state index contributed by atoms with van der Waals surface area (Å²) in [5, 5.41) is 6.69. The number of hydrogen-bond acceptors (Lipinski definition) is 4. The molecule has 2 aromatic rings. The number of nitrogens with zero attached hydrogens (tertiary/aromatic N) is 1. The molecular weight excluding hydrogens is 214 g/mol. The first-order valence-corrected chi connectivity index (χ1v) is 6.22. The van der Waals surface area contributed by atoms with Crippen molar-refractivity contribution in [2.45, 2.75) is 12.8 Å². The molecule has 1 unspecified atom stereocenters. The van der Waals surface area contributed by atoms with Gasteiger partial charge < -0.3 is 15.1 Å². The Morgan fingerprint density at radius 1 is 1.41 bits per heavy atom. The molecule has 1 aliphatic rings. The summed E-state index contributed by atoms with van der Waals surface area (Å²) in [5.41, 5.74) is 1.76. The molecular formula is C13H17N3O. The van der Waals surface area contributed by atoms with E-state index in [0.29, 0.717) is 11.9 Å². The van der Waals surface area contributed by atoms with E-state index in [2.05, 4.69) is 15.6 Å². The lowest BCUT2D eigenvalue weighted by Crippen LogP contribution is -2.33. The van der Waals surface area contributed by atoms with E-state index in [1.54, 1.807) is 0 Å². The molecule has 1 aliphatic heterocycles. The molecule has 3 rings (SSSR count). The summed E-state index contributed by atoms with van der Waals surface area (Å²) in [5.74, 6) is 0.679. The minimum atomic E-state index is 0.636. The van der Waals surface area contributed by atoms with Gasteiger partial charge in [0.25, 0.3) is 6.01 Å². The third-order valence-electron chi connectivity index (χ3n) is 3.23. The monoisotopic (exact) mass is 231 g/mol. The highest BCUT2D eigenvalue weighted by Crippen LogP contribution is 2.19. The van der Waals surface area contributed by atoms with E-state index in [1.807, 2.05) is 24.3 Å². The fraction of sp³-hybridized carbons (Fsp3) is 0.462. The van der Waals surface area contributed by atoms with Gasteiger partial charge in [0, 0.05) is 6.54 Å². The Balaban J connectivity index is 1.64. The van der Waals surface area contributed by atoms with Gasteiger partial charge in [0.2, 0.25) is 0 Å². The normalized spacial score (nSPS) is 20.6. The largest absolute Gasteiger partial charge is 0.424 e. The summed E-state index contributed by atoms with van der Waals surface area (Å²) in [4.78, 5) is 4.40. The fourth-order valence-corrected chi connectivity index (χ4v) is 2.28. The quantitative estimate of drug-likeness (QED) is 0.850. The van der Waals surface area contributed by atoms with Crippen LogP contribution in [0.5, 0.6) is 0 Å². The number of oxazole rings is 1. The molecule has 0 bridgehead atoms. The topological polar surface area (TPSA) is 50.1 Å². The van der Waals surface area contributed by atoms with Crippen LogP contribution in [0.4, 0.5) is 6.01 Å². The maximum Gasteiger partial charge on any atom is 0.295 e. The Hall–Kier alpha value is -1.55. The third-order valence-corrected chi connectivity index (χ3v) is 3.23. The summed E-state index contributed by atoms with van der Waals surface area (Å²) < 4.78 is 5.62. The highest BCUT2D eigenvalue weighted by molar-refractivity contribution is 5.74. The van der Waals surface area contributed by atoms with E-state index >= 15 is 0 Å². The summed E-state index contributed by atoms with van der Waals surface area (Å²) in [6.45, 7) is 3.17. The van der Waals surface area contributed by atoms with Crippen LogP contribution >= 0.6 is 0 Å². The zero-order valence-corrected chi connectivity index (χ0v) is 9.78. The number of hydrogen-bond donors (Lipinski definition) is 2. The minimum Gasteiger partial charge on any atom is -0.424 e. The Kier molecular flexibility index (Phi) is 2.96. The van der Waals surface area contributed by atoms with Gasteiger partial charge >= 0.3 is 0 Å². The van der Waals surface area contributed by atoms with Gasteiger partial charge in [-0.15, -0.1) is 0 Å². The van der Waals surface area contributed by atoms with Crippen LogP contribution in [0.25, 0.3) is 11.1 Å². The third kappa shape index (κ3) is 2.42. The average molecular weight is 231 g/mol. The maximum absolute atomic E-state index is 5.62. The molecule has 2 heterocycles. The number of piperidine rings is 1. The van der Waals surface area contributed by atoms with Gasteiger partial charge in [-0.25, -0.2) is 0 Å². The summed E-state index contributed by atoms with van der Waals surface area (Å²) in [7, 11) is 0. The smallest absolute Gasteiger partial charge is 0.295 e. The zero-order valence-electron chi connectivity index (χ0n) is 9.78. The lowest BCUT2D eigenvalue weighted by Gasteiger charge is -2.22. The van der Waals surface area contributed by atoms with Crippen LogP contribution < -0.4 is 10.6 Å². The van der Waals surface area contributed by atoms with Gasteiger partial charge in [-0.05, 0) is 44.0 Å². The van der Waals surface area contributed by atoms with Gasteiger partial charge in [0.1, 0.15) is 5.52 Å². The van der Waals surface area contributed by atoms with Crippen molar-refractivity contribution < 1.29 is 4.42 Å². The summed E-state index contributed by atoms with van der Waals surface area (Å²) >= 11 is 0. The first-order valence-electron chi connectivity index (χ1n) is 6.22. The Morgan fingerprint density at radius 3 is 3.18 bits per heavy atom. The van der Waals surface area contributed by atoms with Crippen molar-refractivity contribution in [1.29, 1.82) is 0 Å². The van der Waals surface area contributed by atoms with E-state index in [0.717, 1.165) is 30.7 Å². The first-order chi connectivity index (χ1) is 8.42. The molecule has 2 N–H and O–H groups in total. The lowest BCUT2D eigenvalue weighted by atomic mass is 10.00. The van der Waals surface area contributed by atoms with E-state index in [-0.39, 0.29) is 0 Å². The molecule has 1 aromatic carbocycles. The van der Waals surface area contributed by atoms with Crippen molar-refractivity contribution in [3.63, 3.8) is 0 Å². The average Bonchev–Trinajstić information content (AvgIpc) is 2.80. The van der Waals surface area contributed by atoms with Crippen LogP contribution in [0, 0.1) is 5.92 Å². The van der Waals surface area contributed by atoms with Crippen molar-refractivity contribution in [3.05, 3.63) is 24.3 Å². The summed E-state index contributed by atoms with van der Waals surface area (Å²) in [6.07, 6.45) is 2.54. The van der Waals surface area contributed by atoms with Crippen LogP contribution in [-0.2, 0) is 0 Å². The Morgan fingerprint density at radius 2 is 2.35 bits per heavy atom. The predicted octanol–water partition coefficient (Wildman–Crippen LogP) is 2.24. The minimum absolute atomic E-state index is 0.636. The number of benzene rings is 1. The lowest BCUT2D eigenvalue weighted by molar-refractivity contribution is 0.390. The number of nitrogens with one attached hydrogen (secondary N) is 2. The fourth-order valence-electron chi connectivity index (χ4n) is 2.28. The van der Waals surface area contributed by atoms with Crippen molar-refractivity contribution >= 4 is 17.1 Å². The number of aromatic nitrogens is 1. The molecule has 90 valence electrons. The SMILES string of the molecule is c1ccc2oc(NCC3CCCNC3)nc2c1. The Bertz CT molecular complexity index is 455. The van der Waals surface area contributed by atoms with Crippen LogP contribution in [0.1, 0.15) is 12.8 Å². The molecule has 17 heavy (non-hydrogen) atoms. The van der Waals surface area contributed by atoms with Gasteiger partial charge in [0.15, 0.2) is 5.58 Å². The molecule has 1 atom stereocenters. The molecule has 0 saturated carbocycles. The van der Waals surface area contributed by atoms with E-state index < -0.39 is 0 Å². The molecule has 0 radical (unpaired) electrons. The van der Waals surface area contributed by atoms with Crippen molar-refractivity contribution in [2.75, 3.05) is 25.0 Å². The second-order valence-corrected chi connectivity index (χ2v) is 4.58. The van der Waals surface area contributed by atoms with Crippen LogP contribution in [0.15, 0.2) is 28.7 Å². The first kappa shape index (κ1) is 10.6. The molecule has 0 amide bonds. The second kappa shape index (κ2) is 4.75. The van der Waals surface area contributed by atoms with Crippen LogP contribution in [0.2, 0.25) is 0 Å². The highest BCUT2D eigenvalue weighted by atomic mass is 16.4. The highest BCUT2D eigenvalue weighted by Gasteiger charge is 2.13. The van der Waals surface area contributed by atoms with Gasteiger partial charge in [-0.1, -0.05) is 12.1 Å². The number of para-hydroxylation sites is 2. The van der Waals surface area contributed by atoms with E-state index in [1.165, 1.54) is 12.8 Å². The zero-order chi connectivity index (χ0) is 11.5. The predicted molar refractivity (Wildman–Crippen MR) is 68.1 cm³/mol. The van der Waals surface area contributed by atoms with Crippen LogP contribution in [0.3, 0.4) is 0 Å². The molecule has 1 fully saturated rings. The molecule has 0 spiro atoms. The van der Waals surface area contributed by atoms with E-state index in [4.69, 9.17) is 4.42 Å². The number of rotatable bonds is 3. The van der Waals surface area contributed by atoms with Crippen molar-refractivity contribution in [2.24, 2.45) is 5.92 Å². The van der Waals surface area contributed by atoms with Crippen molar-refractivity contribution in [3.8, 4) is 0 Å². The van der Waals surface area contributed by atoms with Gasteiger partial charge in [-0.2, -0.15) is 4.98 Å². The molecule has 0 aliphatic carbocycles. The molecule has 4 heteroatoms. The Labute approximate surface area is 100 Å². The van der Waals surface area contributed by atoms with Gasteiger partial charge in [-0.3, -0.25) is 0 Å². The molecule has 4 nitrogen and oxygen atoms in total. The number of anilines is 1. The van der Waals surface area contributed by atoms with Crippen LogP contribution in [-0.4, -0.2) is 24.6 Å². The van der Waals surface area contributed by atoms with E-state index in [9.17, 15) is 0 Å². The standard InChI is InChI=1S/C13H17N3O/c1-2-6-12-11(5-1)16-13(17-12)15-9-10-4-3-7-14-8-10/h1-2,5-6,10,14H,3-4,7-9H2,(H,15,16). The maximum atomic E-state index is 5.62.